The number of benzene rings is 3. The molecule has 3 aromatic rings. The number of phenolic OH excluding ortho intramolecular Hbond substituents is 1. The Morgan fingerprint density at radius 2 is 1.52 bits per heavy atom. The molecule has 8 rings (SSSR count). The molecule has 6 unspecified atom stereocenters. The summed E-state index contributed by atoms with van der Waals surface area (Å²) in [6, 6.07) is 23.6. The zero-order valence-corrected chi connectivity index (χ0v) is 27.0. The number of carbonyl (C=O) groups excluding carboxylic acids is 4. The van der Waals surface area contributed by atoms with E-state index in [4.69, 9.17) is 4.74 Å². The van der Waals surface area contributed by atoms with Crippen LogP contribution >= 0.6 is 0 Å². The number of hydrogen-bond donors (Lipinski definition) is 1. The van der Waals surface area contributed by atoms with E-state index in [1.807, 2.05) is 66.7 Å². The number of ether oxygens (including phenoxy) is 1. The standard InChI is InChI=1S/C41H39NO6/c1-48-33-19-11-18-32(43)36(33)37-27-20-21-28-35(40(47)42(39(28)46)26-16-9-4-10-17-26)30(27)22-31-38(45)29(24-12-5-2-6-13-24)23-34(44)41(31,37)25-14-7-3-8-15-25/h2-3,5-8,11-15,18-20,23,26,28,30-31,35,37,43H,4,9-10,16-17,21-22H2,1H3. The molecule has 0 bridgehead atoms. The van der Waals surface area contributed by atoms with Crippen LogP contribution in [0.5, 0.6) is 11.5 Å². The molecular formula is C41H39NO6. The average Bonchev–Trinajstić information content (AvgIpc) is 3.39. The molecule has 244 valence electrons. The summed E-state index contributed by atoms with van der Waals surface area (Å²) in [5, 5.41) is 11.6. The number of methoxy groups -OCH3 is 1. The first-order chi connectivity index (χ1) is 23.4. The largest absolute Gasteiger partial charge is 0.508 e. The van der Waals surface area contributed by atoms with Gasteiger partial charge in [-0.3, -0.25) is 24.1 Å². The van der Waals surface area contributed by atoms with Crippen LogP contribution in [0, 0.1) is 23.7 Å². The number of rotatable bonds is 5. The molecule has 3 aromatic carbocycles. The van der Waals surface area contributed by atoms with Gasteiger partial charge < -0.3 is 9.84 Å². The molecule has 48 heavy (non-hydrogen) atoms. The maximum atomic E-state index is 15.1. The van der Waals surface area contributed by atoms with Gasteiger partial charge in [0, 0.05) is 29.0 Å². The predicted molar refractivity (Wildman–Crippen MR) is 180 cm³/mol. The highest BCUT2D eigenvalue weighted by Gasteiger charge is 2.66. The van der Waals surface area contributed by atoms with Crippen molar-refractivity contribution >= 4 is 29.0 Å². The molecule has 1 N–H and O–H groups in total. The van der Waals surface area contributed by atoms with Crippen molar-refractivity contribution in [3.8, 4) is 11.5 Å². The number of fused-ring (bicyclic) bond motifs is 4. The summed E-state index contributed by atoms with van der Waals surface area (Å²) in [4.78, 5) is 60.3. The third-order valence-corrected chi connectivity index (χ3v) is 11.9. The molecule has 1 aliphatic heterocycles. The van der Waals surface area contributed by atoms with E-state index in [2.05, 4.69) is 0 Å². The van der Waals surface area contributed by atoms with Crippen LogP contribution in [0.25, 0.3) is 5.57 Å². The number of nitrogens with zero attached hydrogens (tertiary/aromatic N) is 1. The van der Waals surface area contributed by atoms with Crippen LogP contribution in [0.2, 0.25) is 0 Å². The molecule has 0 aromatic heterocycles. The molecule has 7 heteroatoms. The first-order valence-corrected chi connectivity index (χ1v) is 17.2. The van der Waals surface area contributed by atoms with Gasteiger partial charge in [-0.15, -0.1) is 0 Å². The Balaban J connectivity index is 1.37. The normalized spacial score (nSPS) is 30.3. The monoisotopic (exact) mass is 641 g/mol. The quantitative estimate of drug-likeness (QED) is 0.250. The molecule has 6 atom stereocenters. The van der Waals surface area contributed by atoms with Crippen LogP contribution in [-0.4, -0.2) is 46.5 Å². The second-order valence-electron chi connectivity index (χ2n) is 14.0. The molecule has 7 nitrogen and oxygen atoms in total. The van der Waals surface area contributed by atoms with Crippen LogP contribution in [0.4, 0.5) is 0 Å². The fourth-order valence-corrected chi connectivity index (χ4v) is 9.91. The Morgan fingerprint density at radius 1 is 0.812 bits per heavy atom. The third kappa shape index (κ3) is 4.32. The summed E-state index contributed by atoms with van der Waals surface area (Å²) < 4.78 is 5.87. The lowest BCUT2D eigenvalue weighted by Gasteiger charge is -2.55. The van der Waals surface area contributed by atoms with Gasteiger partial charge in [0.25, 0.3) is 0 Å². The summed E-state index contributed by atoms with van der Waals surface area (Å²) in [7, 11) is 1.53. The highest BCUT2D eigenvalue weighted by molar-refractivity contribution is 6.31. The van der Waals surface area contributed by atoms with Crippen LogP contribution < -0.4 is 4.74 Å². The van der Waals surface area contributed by atoms with Crippen molar-refractivity contribution in [3.63, 3.8) is 0 Å². The predicted octanol–water partition coefficient (Wildman–Crippen LogP) is 6.56. The highest BCUT2D eigenvalue weighted by Crippen LogP contribution is 2.65. The number of allylic oxidation sites excluding steroid dienone is 4. The second-order valence-corrected chi connectivity index (χ2v) is 14.0. The number of Topliss-reactive ketones (excluding diaryl/α,β-unsaturated/α-hetero) is 1. The Kier molecular flexibility index (Phi) is 7.46. The molecule has 2 amide bonds. The van der Waals surface area contributed by atoms with Gasteiger partial charge in [0.15, 0.2) is 11.6 Å². The summed E-state index contributed by atoms with van der Waals surface area (Å²) >= 11 is 0. The van der Waals surface area contributed by atoms with Crippen LogP contribution in [0.15, 0.2) is 96.6 Å². The van der Waals surface area contributed by atoms with E-state index in [1.165, 1.54) is 13.2 Å². The smallest absolute Gasteiger partial charge is 0.233 e. The van der Waals surface area contributed by atoms with Gasteiger partial charge >= 0.3 is 0 Å². The van der Waals surface area contributed by atoms with E-state index >= 15 is 9.59 Å². The highest BCUT2D eigenvalue weighted by atomic mass is 16.5. The van der Waals surface area contributed by atoms with Crippen LogP contribution in [-0.2, 0) is 24.6 Å². The minimum Gasteiger partial charge on any atom is -0.508 e. The number of aromatic hydroxyl groups is 1. The molecule has 2 saturated carbocycles. The SMILES string of the molecule is COc1cccc(O)c1C1C2=CCC3C(=O)N(C4CCCCC4)C(=O)C3C2CC2C(=O)C(c3ccccc3)=CC(=O)C21c1ccccc1. The lowest BCUT2D eigenvalue weighted by Crippen LogP contribution is -2.59. The van der Waals surface area contributed by atoms with Gasteiger partial charge in [-0.05, 0) is 60.9 Å². The van der Waals surface area contributed by atoms with Crippen molar-refractivity contribution in [2.75, 3.05) is 7.11 Å². The van der Waals surface area contributed by atoms with Gasteiger partial charge in [0.2, 0.25) is 11.8 Å². The van der Waals surface area contributed by atoms with Gasteiger partial charge in [-0.25, -0.2) is 0 Å². The number of ketones is 2. The minimum absolute atomic E-state index is 0.0483. The number of imide groups is 1. The Labute approximate surface area is 280 Å². The van der Waals surface area contributed by atoms with E-state index in [0.717, 1.165) is 37.7 Å². The van der Waals surface area contributed by atoms with E-state index in [9.17, 15) is 14.7 Å². The number of amides is 2. The maximum Gasteiger partial charge on any atom is 0.233 e. The molecule has 4 aliphatic carbocycles. The molecule has 1 saturated heterocycles. The zero-order chi connectivity index (χ0) is 33.2. The first kappa shape index (κ1) is 30.5. The maximum absolute atomic E-state index is 15.1. The number of carbonyl (C=O) groups is 4. The van der Waals surface area contributed by atoms with Crippen molar-refractivity contribution in [2.24, 2.45) is 23.7 Å². The molecule has 1 heterocycles. The van der Waals surface area contributed by atoms with E-state index in [-0.39, 0.29) is 41.6 Å². The Morgan fingerprint density at radius 3 is 2.23 bits per heavy atom. The van der Waals surface area contributed by atoms with E-state index < -0.39 is 35.0 Å². The van der Waals surface area contributed by atoms with Crippen molar-refractivity contribution in [2.45, 2.75) is 62.3 Å². The van der Waals surface area contributed by atoms with Crippen LogP contribution in [0.1, 0.15) is 67.6 Å². The fraction of sp³-hybridized carbons (Fsp3) is 0.366. The van der Waals surface area contributed by atoms with Crippen molar-refractivity contribution in [1.29, 1.82) is 0 Å². The van der Waals surface area contributed by atoms with Crippen LogP contribution in [0.3, 0.4) is 0 Å². The van der Waals surface area contributed by atoms with Gasteiger partial charge in [0.05, 0.1) is 24.4 Å². The summed E-state index contributed by atoms with van der Waals surface area (Å²) in [5.74, 6) is -3.64. The number of phenols is 1. The molecule has 5 aliphatic rings. The lowest BCUT2D eigenvalue weighted by atomic mass is 9.44. The van der Waals surface area contributed by atoms with Crippen molar-refractivity contribution in [1.82, 2.24) is 4.90 Å². The second kappa shape index (κ2) is 11.7. The van der Waals surface area contributed by atoms with Gasteiger partial charge in [-0.1, -0.05) is 97.6 Å². The summed E-state index contributed by atoms with van der Waals surface area (Å²) in [6.45, 7) is 0. The minimum atomic E-state index is -1.42. The number of hydrogen-bond acceptors (Lipinski definition) is 6. The molecular weight excluding hydrogens is 602 g/mol. The zero-order valence-electron chi connectivity index (χ0n) is 27.0. The average molecular weight is 642 g/mol. The van der Waals surface area contributed by atoms with E-state index in [0.29, 0.717) is 34.4 Å². The third-order valence-electron chi connectivity index (χ3n) is 11.9. The lowest BCUT2D eigenvalue weighted by molar-refractivity contribution is -0.144. The Bertz CT molecular complexity index is 1870. The van der Waals surface area contributed by atoms with Gasteiger partial charge in [0.1, 0.15) is 11.5 Å². The number of likely N-dealkylation sites (tertiary alicyclic amines) is 1. The topological polar surface area (TPSA) is 101 Å². The molecule has 0 radical (unpaired) electrons. The fourth-order valence-electron chi connectivity index (χ4n) is 9.91. The summed E-state index contributed by atoms with van der Waals surface area (Å²) in [5.41, 5.74) is 1.49. The van der Waals surface area contributed by atoms with E-state index in [1.54, 1.807) is 23.1 Å². The summed E-state index contributed by atoms with van der Waals surface area (Å²) in [6.07, 6.45) is 8.84. The Hall–Kier alpha value is -4.78. The first-order valence-electron chi connectivity index (χ1n) is 17.2. The molecule has 0 spiro atoms. The van der Waals surface area contributed by atoms with Crippen molar-refractivity contribution in [3.05, 3.63) is 113 Å². The van der Waals surface area contributed by atoms with Crippen molar-refractivity contribution < 1.29 is 29.0 Å². The van der Waals surface area contributed by atoms with Gasteiger partial charge in [-0.2, -0.15) is 0 Å². The molecule has 3 fully saturated rings.